The molecule has 1 heterocycles. The van der Waals surface area contributed by atoms with Crippen LogP contribution in [0.4, 0.5) is 0 Å². The lowest BCUT2D eigenvalue weighted by molar-refractivity contribution is 0.639. The summed E-state index contributed by atoms with van der Waals surface area (Å²) in [4.78, 5) is 4.25. The van der Waals surface area contributed by atoms with E-state index in [-0.39, 0.29) is 8.85 Å². The molecule has 1 aromatic carbocycles. The minimum Gasteiger partial charge on any atom is -0.337 e. The van der Waals surface area contributed by atoms with Gasteiger partial charge >= 0.3 is 0 Å². The van der Waals surface area contributed by atoms with Crippen molar-refractivity contribution in [1.82, 2.24) is 14.9 Å². The van der Waals surface area contributed by atoms with Gasteiger partial charge in [0.2, 0.25) is 0 Å². The van der Waals surface area contributed by atoms with Gasteiger partial charge in [-0.15, -0.1) is 0 Å². The van der Waals surface area contributed by atoms with Gasteiger partial charge < -0.3 is 9.88 Å². The second kappa shape index (κ2) is 6.08. The Bertz CT molecular complexity index is 412. The maximum Gasteiger partial charge on any atom is 0.122 e. The number of rotatable bonds is 4. The van der Waals surface area contributed by atoms with Crippen molar-refractivity contribution in [2.45, 2.75) is 20.5 Å². The number of aryl methyl sites for hydroxylation is 1. The zero-order valence-corrected chi connectivity index (χ0v) is 8.85. The molecule has 0 saturated carbocycles. The molecule has 0 fully saturated rings. The molecular formula is C13H21N3. The molecule has 0 spiro atoms. The third kappa shape index (κ3) is 3.21. The van der Waals surface area contributed by atoms with Gasteiger partial charge in [-0.3, -0.25) is 0 Å². The second-order valence-electron chi connectivity index (χ2n) is 3.54. The first kappa shape index (κ1) is 12.5. The zero-order chi connectivity index (χ0) is 10.5. The van der Waals surface area contributed by atoms with Crippen LogP contribution in [-0.2, 0) is 20.1 Å². The summed E-state index contributed by atoms with van der Waals surface area (Å²) in [5.41, 5.74) is 1.30. The zero-order valence-electron chi connectivity index (χ0n) is 8.85. The molecular weight excluding hydrogens is 198 g/mol. The number of nitrogens with one attached hydrogen (secondary N) is 1. The van der Waals surface area contributed by atoms with E-state index in [1.807, 2.05) is 30.1 Å². The standard InChI is InChI=1S/C12H15N3.CH4.H2/c1-15-8-7-14-12(15)10-13-9-11-5-3-2-4-6-11;;/h2-8,13H,9-10H2,1H3;1H4;1H. The molecule has 0 atom stereocenters. The highest BCUT2D eigenvalue weighted by Crippen LogP contribution is 1.98. The smallest absolute Gasteiger partial charge is 0.122 e. The van der Waals surface area contributed by atoms with Gasteiger partial charge in [0.15, 0.2) is 0 Å². The van der Waals surface area contributed by atoms with E-state index in [1.165, 1.54) is 5.56 Å². The van der Waals surface area contributed by atoms with Crippen LogP contribution in [0.25, 0.3) is 0 Å². The van der Waals surface area contributed by atoms with Crippen molar-refractivity contribution in [3.05, 3.63) is 54.1 Å². The number of aromatic nitrogens is 2. The Kier molecular flexibility index (Phi) is 4.73. The molecule has 0 saturated heterocycles. The van der Waals surface area contributed by atoms with Crippen molar-refractivity contribution in [3.8, 4) is 0 Å². The molecule has 2 rings (SSSR count). The average molecular weight is 219 g/mol. The Morgan fingerprint density at radius 3 is 2.62 bits per heavy atom. The molecule has 0 aliphatic heterocycles. The molecule has 1 N–H and O–H groups in total. The predicted molar refractivity (Wildman–Crippen MR) is 69.0 cm³/mol. The first-order valence-electron chi connectivity index (χ1n) is 5.07. The largest absolute Gasteiger partial charge is 0.337 e. The highest BCUT2D eigenvalue weighted by Gasteiger charge is 1.97. The second-order valence-corrected chi connectivity index (χ2v) is 3.54. The van der Waals surface area contributed by atoms with Crippen LogP contribution in [-0.4, -0.2) is 9.55 Å². The third-order valence-corrected chi connectivity index (χ3v) is 2.38. The van der Waals surface area contributed by atoms with Crippen molar-refractivity contribution in [3.63, 3.8) is 0 Å². The Morgan fingerprint density at radius 1 is 1.25 bits per heavy atom. The Hall–Kier alpha value is -1.61. The average Bonchev–Trinajstić information content (AvgIpc) is 2.66. The van der Waals surface area contributed by atoms with Crippen LogP contribution in [0.3, 0.4) is 0 Å². The summed E-state index contributed by atoms with van der Waals surface area (Å²) in [5.74, 6) is 1.06. The summed E-state index contributed by atoms with van der Waals surface area (Å²) in [6.07, 6.45) is 3.78. The van der Waals surface area contributed by atoms with Crippen molar-refractivity contribution in [2.75, 3.05) is 0 Å². The van der Waals surface area contributed by atoms with Gasteiger partial charge in [-0.1, -0.05) is 37.8 Å². The van der Waals surface area contributed by atoms with Gasteiger partial charge in [0, 0.05) is 27.4 Å². The summed E-state index contributed by atoms with van der Waals surface area (Å²) in [7, 11) is 2.01. The molecule has 0 aliphatic rings. The van der Waals surface area contributed by atoms with Gasteiger partial charge in [-0.05, 0) is 5.56 Å². The van der Waals surface area contributed by atoms with Gasteiger partial charge in [0.1, 0.15) is 5.82 Å². The molecule has 0 amide bonds. The van der Waals surface area contributed by atoms with E-state index < -0.39 is 0 Å². The minimum absolute atomic E-state index is 0. The maximum atomic E-state index is 4.25. The summed E-state index contributed by atoms with van der Waals surface area (Å²) < 4.78 is 2.03. The number of hydrogen-bond acceptors (Lipinski definition) is 2. The van der Waals surface area contributed by atoms with E-state index in [9.17, 15) is 0 Å². The molecule has 3 nitrogen and oxygen atoms in total. The Labute approximate surface area is 98.6 Å². The molecule has 88 valence electrons. The third-order valence-electron chi connectivity index (χ3n) is 2.38. The summed E-state index contributed by atoms with van der Waals surface area (Å²) >= 11 is 0. The number of imidazole rings is 1. The van der Waals surface area contributed by atoms with Crippen LogP contribution >= 0.6 is 0 Å². The first-order chi connectivity index (χ1) is 7.36. The van der Waals surface area contributed by atoms with Crippen LogP contribution in [0.2, 0.25) is 0 Å². The van der Waals surface area contributed by atoms with Crippen molar-refractivity contribution < 1.29 is 1.43 Å². The number of nitrogens with zero attached hydrogens (tertiary/aromatic N) is 2. The summed E-state index contributed by atoms with van der Waals surface area (Å²) in [6.45, 7) is 1.69. The fourth-order valence-corrected chi connectivity index (χ4v) is 1.48. The molecule has 0 unspecified atom stereocenters. The van der Waals surface area contributed by atoms with Crippen LogP contribution in [0.5, 0.6) is 0 Å². The van der Waals surface area contributed by atoms with Crippen molar-refractivity contribution >= 4 is 0 Å². The van der Waals surface area contributed by atoms with Gasteiger partial charge in [-0.2, -0.15) is 0 Å². The number of benzene rings is 1. The van der Waals surface area contributed by atoms with Crippen LogP contribution in [0.15, 0.2) is 42.7 Å². The normalized spacial score (nSPS) is 9.81. The van der Waals surface area contributed by atoms with Crippen molar-refractivity contribution in [1.29, 1.82) is 0 Å². The molecule has 1 aromatic heterocycles. The fourth-order valence-electron chi connectivity index (χ4n) is 1.48. The topological polar surface area (TPSA) is 29.9 Å². The quantitative estimate of drug-likeness (QED) is 0.856. The molecule has 0 radical (unpaired) electrons. The molecule has 3 heteroatoms. The van der Waals surface area contributed by atoms with E-state index in [0.29, 0.717) is 0 Å². The van der Waals surface area contributed by atoms with Crippen LogP contribution in [0.1, 0.15) is 20.2 Å². The fraction of sp³-hybridized carbons (Fsp3) is 0.308. The van der Waals surface area contributed by atoms with E-state index in [0.717, 1.165) is 18.9 Å². The highest BCUT2D eigenvalue weighted by molar-refractivity contribution is 5.14. The lowest BCUT2D eigenvalue weighted by Gasteiger charge is -2.04. The van der Waals surface area contributed by atoms with E-state index >= 15 is 0 Å². The molecule has 16 heavy (non-hydrogen) atoms. The van der Waals surface area contributed by atoms with Crippen molar-refractivity contribution in [2.24, 2.45) is 7.05 Å². The van der Waals surface area contributed by atoms with E-state index in [4.69, 9.17) is 0 Å². The van der Waals surface area contributed by atoms with Crippen LogP contribution < -0.4 is 5.32 Å². The highest BCUT2D eigenvalue weighted by atomic mass is 15.1. The summed E-state index contributed by atoms with van der Waals surface area (Å²) in [5, 5.41) is 3.36. The monoisotopic (exact) mass is 219 g/mol. The SMILES string of the molecule is C.Cn1ccnc1CNCc1ccccc1.[HH]. The first-order valence-corrected chi connectivity index (χ1v) is 5.07. The van der Waals surface area contributed by atoms with Crippen LogP contribution in [0, 0.1) is 0 Å². The summed E-state index contributed by atoms with van der Waals surface area (Å²) in [6, 6.07) is 10.4. The molecule has 2 aromatic rings. The Balaban J connectivity index is 0.00000128. The lowest BCUT2D eigenvalue weighted by Crippen LogP contribution is -2.15. The van der Waals surface area contributed by atoms with Gasteiger partial charge in [0.25, 0.3) is 0 Å². The molecule has 0 bridgehead atoms. The predicted octanol–water partition coefficient (Wildman–Crippen LogP) is 2.59. The lowest BCUT2D eigenvalue weighted by atomic mass is 10.2. The minimum atomic E-state index is 0. The van der Waals surface area contributed by atoms with E-state index in [2.05, 4.69) is 34.6 Å². The molecule has 0 aliphatic carbocycles. The maximum absolute atomic E-state index is 4.25. The van der Waals surface area contributed by atoms with Gasteiger partial charge in [0.05, 0.1) is 6.54 Å². The van der Waals surface area contributed by atoms with E-state index in [1.54, 1.807) is 0 Å². The van der Waals surface area contributed by atoms with Gasteiger partial charge in [-0.25, -0.2) is 4.98 Å². The Morgan fingerprint density at radius 2 is 2.00 bits per heavy atom. The number of hydrogen-bond donors (Lipinski definition) is 1.